The van der Waals surface area contributed by atoms with Crippen LogP contribution in [-0.2, 0) is 6.42 Å². The van der Waals surface area contributed by atoms with Crippen molar-refractivity contribution in [3.63, 3.8) is 0 Å². The second kappa shape index (κ2) is 7.23. The normalized spacial score (nSPS) is 16.2. The second-order valence-corrected chi connectivity index (χ2v) is 6.15. The average Bonchev–Trinajstić information content (AvgIpc) is 2.52. The quantitative estimate of drug-likeness (QED) is 0.851. The molecule has 0 bridgehead atoms. The maximum absolute atomic E-state index is 6.44. The summed E-state index contributed by atoms with van der Waals surface area (Å²) < 4.78 is 0. The van der Waals surface area contributed by atoms with E-state index in [-0.39, 0.29) is 0 Å². The Hall–Kier alpha value is -2.42. The van der Waals surface area contributed by atoms with Gasteiger partial charge in [0.2, 0.25) is 0 Å². The minimum Gasteiger partial charge on any atom is -0.398 e. The zero-order chi connectivity index (χ0) is 16.1. The third kappa shape index (κ3) is 4.07. The van der Waals surface area contributed by atoms with Gasteiger partial charge in [-0.25, -0.2) is 0 Å². The molecule has 0 spiro atoms. The first-order valence-electron chi connectivity index (χ1n) is 8.21. The molecule has 0 unspecified atom stereocenters. The lowest BCUT2D eigenvalue weighted by Crippen LogP contribution is -2.15. The van der Waals surface area contributed by atoms with Crippen molar-refractivity contribution in [1.82, 2.24) is 4.98 Å². The Labute approximate surface area is 138 Å². The standard InChI is InChI=1S/C20H23N3/c1-15-12-16(10-11-22-15)13-18(14-23-19-8-5-9-19)20(21)17-6-3-2-4-7-17/h2-4,6-7,10-12,14,19H,5,8-9,13,21H2,1H3. The van der Waals surface area contributed by atoms with Gasteiger partial charge in [-0.1, -0.05) is 30.3 Å². The zero-order valence-corrected chi connectivity index (χ0v) is 13.6. The number of allylic oxidation sites excluding steroid dienone is 1. The first-order chi connectivity index (χ1) is 11.2. The van der Waals surface area contributed by atoms with Gasteiger partial charge in [-0.15, -0.1) is 0 Å². The van der Waals surface area contributed by atoms with Crippen molar-refractivity contribution in [3.05, 3.63) is 71.1 Å². The van der Waals surface area contributed by atoms with E-state index in [0.29, 0.717) is 6.04 Å². The zero-order valence-electron chi connectivity index (χ0n) is 13.6. The van der Waals surface area contributed by atoms with Crippen LogP contribution in [0.1, 0.15) is 36.1 Å². The van der Waals surface area contributed by atoms with Crippen LogP contribution in [0.5, 0.6) is 0 Å². The maximum Gasteiger partial charge on any atom is 0.0499 e. The molecule has 1 fully saturated rings. The molecule has 0 atom stereocenters. The summed E-state index contributed by atoms with van der Waals surface area (Å²) in [6, 6.07) is 14.8. The number of benzene rings is 1. The molecule has 23 heavy (non-hydrogen) atoms. The fourth-order valence-electron chi connectivity index (χ4n) is 2.68. The molecule has 1 aliphatic carbocycles. The highest BCUT2D eigenvalue weighted by Gasteiger charge is 2.15. The minimum atomic E-state index is 0.479. The molecular formula is C20H23N3. The number of hydrogen-bond donors (Lipinski definition) is 1. The maximum atomic E-state index is 6.44. The average molecular weight is 305 g/mol. The Morgan fingerprint density at radius 3 is 2.70 bits per heavy atom. The lowest BCUT2D eigenvalue weighted by Gasteiger charge is -2.21. The summed E-state index contributed by atoms with van der Waals surface area (Å²) in [5.74, 6) is 0. The van der Waals surface area contributed by atoms with E-state index >= 15 is 0 Å². The highest BCUT2D eigenvalue weighted by atomic mass is 14.8. The third-order valence-electron chi connectivity index (χ3n) is 4.30. The number of aromatic nitrogens is 1. The van der Waals surface area contributed by atoms with Crippen LogP contribution >= 0.6 is 0 Å². The highest BCUT2D eigenvalue weighted by Crippen LogP contribution is 2.23. The van der Waals surface area contributed by atoms with Crippen LogP contribution in [0.15, 0.2) is 59.2 Å². The van der Waals surface area contributed by atoms with E-state index in [0.717, 1.165) is 28.9 Å². The van der Waals surface area contributed by atoms with Crippen LogP contribution < -0.4 is 5.73 Å². The van der Waals surface area contributed by atoms with E-state index in [1.807, 2.05) is 55.7 Å². The molecule has 3 rings (SSSR count). The molecule has 0 aliphatic heterocycles. The van der Waals surface area contributed by atoms with Crippen molar-refractivity contribution in [3.8, 4) is 0 Å². The van der Waals surface area contributed by atoms with E-state index in [1.54, 1.807) is 0 Å². The first-order valence-corrected chi connectivity index (χ1v) is 8.21. The summed E-state index contributed by atoms with van der Waals surface area (Å²) in [6.07, 6.45) is 8.30. The Balaban J connectivity index is 1.90. The van der Waals surface area contributed by atoms with Gasteiger partial charge in [-0.05, 0) is 55.0 Å². The molecule has 2 aromatic rings. The number of aryl methyl sites for hydroxylation is 1. The number of pyridine rings is 1. The smallest absolute Gasteiger partial charge is 0.0499 e. The van der Waals surface area contributed by atoms with Gasteiger partial charge < -0.3 is 5.73 Å². The molecular weight excluding hydrogens is 282 g/mol. The van der Waals surface area contributed by atoms with Gasteiger partial charge in [-0.2, -0.15) is 0 Å². The molecule has 1 aromatic carbocycles. The predicted molar refractivity (Wildman–Crippen MR) is 96.4 cm³/mol. The van der Waals surface area contributed by atoms with Gasteiger partial charge in [0.25, 0.3) is 0 Å². The summed E-state index contributed by atoms with van der Waals surface area (Å²) >= 11 is 0. The van der Waals surface area contributed by atoms with Gasteiger partial charge in [-0.3, -0.25) is 9.98 Å². The lowest BCUT2D eigenvalue weighted by atomic mass is 9.93. The van der Waals surface area contributed by atoms with E-state index < -0.39 is 0 Å². The van der Waals surface area contributed by atoms with Gasteiger partial charge >= 0.3 is 0 Å². The van der Waals surface area contributed by atoms with Crippen LogP contribution in [-0.4, -0.2) is 17.2 Å². The van der Waals surface area contributed by atoms with Crippen LogP contribution in [0, 0.1) is 6.92 Å². The van der Waals surface area contributed by atoms with Crippen LogP contribution in [0.2, 0.25) is 0 Å². The molecule has 3 nitrogen and oxygen atoms in total. The molecule has 0 saturated heterocycles. The monoisotopic (exact) mass is 305 g/mol. The Kier molecular flexibility index (Phi) is 4.86. The molecule has 1 aliphatic rings. The Morgan fingerprint density at radius 1 is 1.26 bits per heavy atom. The van der Waals surface area contributed by atoms with Crippen molar-refractivity contribution in [1.29, 1.82) is 0 Å². The summed E-state index contributed by atoms with van der Waals surface area (Å²) in [7, 11) is 0. The highest BCUT2D eigenvalue weighted by molar-refractivity contribution is 5.90. The van der Waals surface area contributed by atoms with Crippen LogP contribution in [0.4, 0.5) is 0 Å². The fraction of sp³-hybridized carbons (Fsp3) is 0.300. The number of hydrogen-bond acceptors (Lipinski definition) is 3. The predicted octanol–water partition coefficient (Wildman–Crippen LogP) is 3.93. The van der Waals surface area contributed by atoms with E-state index in [4.69, 9.17) is 10.7 Å². The Bertz CT molecular complexity index is 713. The van der Waals surface area contributed by atoms with Crippen molar-refractivity contribution >= 4 is 11.9 Å². The van der Waals surface area contributed by atoms with E-state index in [2.05, 4.69) is 11.1 Å². The van der Waals surface area contributed by atoms with Crippen molar-refractivity contribution in [2.75, 3.05) is 0 Å². The topological polar surface area (TPSA) is 51.3 Å². The minimum absolute atomic E-state index is 0.479. The van der Waals surface area contributed by atoms with E-state index in [1.165, 1.54) is 24.8 Å². The number of aliphatic imine (C=N–C) groups is 1. The van der Waals surface area contributed by atoms with Crippen molar-refractivity contribution in [2.24, 2.45) is 10.7 Å². The molecule has 1 heterocycles. The molecule has 118 valence electrons. The van der Waals surface area contributed by atoms with Crippen molar-refractivity contribution in [2.45, 2.75) is 38.6 Å². The Morgan fingerprint density at radius 2 is 2.04 bits per heavy atom. The molecule has 2 N–H and O–H groups in total. The summed E-state index contributed by atoms with van der Waals surface area (Å²) in [4.78, 5) is 8.98. The van der Waals surface area contributed by atoms with Crippen LogP contribution in [0.25, 0.3) is 5.70 Å². The largest absolute Gasteiger partial charge is 0.398 e. The molecule has 0 radical (unpaired) electrons. The number of nitrogens with zero attached hydrogens (tertiary/aromatic N) is 2. The third-order valence-corrected chi connectivity index (χ3v) is 4.30. The van der Waals surface area contributed by atoms with Gasteiger partial charge in [0.15, 0.2) is 0 Å². The van der Waals surface area contributed by atoms with Gasteiger partial charge in [0.05, 0.1) is 0 Å². The first kappa shape index (κ1) is 15.5. The number of rotatable bonds is 5. The van der Waals surface area contributed by atoms with Crippen LogP contribution in [0.3, 0.4) is 0 Å². The van der Waals surface area contributed by atoms with Gasteiger partial charge in [0.1, 0.15) is 0 Å². The lowest BCUT2D eigenvalue weighted by molar-refractivity contribution is 0.421. The molecule has 3 heteroatoms. The SMILES string of the molecule is Cc1cc(CC(C=NC2CCC2)=C(N)c2ccccc2)ccn1. The van der Waals surface area contributed by atoms with Crippen molar-refractivity contribution < 1.29 is 0 Å². The molecule has 1 saturated carbocycles. The summed E-state index contributed by atoms with van der Waals surface area (Å²) in [6.45, 7) is 2.01. The summed E-state index contributed by atoms with van der Waals surface area (Å²) in [5, 5.41) is 0. The van der Waals surface area contributed by atoms with Gasteiger partial charge in [0, 0.05) is 36.3 Å². The molecule has 1 aromatic heterocycles. The number of nitrogens with two attached hydrogens (primary N) is 1. The second-order valence-electron chi connectivity index (χ2n) is 6.15. The fourth-order valence-corrected chi connectivity index (χ4v) is 2.68. The summed E-state index contributed by atoms with van der Waals surface area (Å²) in [5.41, 5.74) is 11.6. The van der Waals surface area contributed by atoms with E-state index in [9.17, 15) is 0 Å². The molecule has 0 amide bonds.